The summed E-state index contributed by atoms with van der Waals surface area (Å²) in [5.41, 5.74) is 2.32. The van der Waals surface area contributed by atoms with Crippen LogP contribution in [0.4, 0.5) is 0 Å². The molecule has 0 unspecified atom stereocenters. The van der Waals surface area contributed by atoms with Gasteiger partial charge in [-0.15, -0.1) is 0 Å². The van der Waals surface area contributed by atoms with Crippen molar-refractivity contribution in [2.75, 3.05) is 19.6 Å². The smallest absolute Gasteiger partial charge is 0.272 e. The van der Waals surface area contributed by atoms with E-state index in [2.05, 4.69) is 4.98 Å². The van der Waals surface area contributed by atoms with Gasteiger partial charge in [-0.25, -0.2) is 4.98 Å². The molecule has 1 saturated heterocycles. The Hall–Kier alpha value is -2.69. The van der Waals surface area contributed by atoms with Crippen LogP contribution in [0.25, 0.3) is 0 Å². The summed E-state index contributed by atoms with van der Waals surface area (Å²) in [7, 11) is 0. The van der Waals surface area contributed by atoms with E-state index in [0.717, 1.165) is 11.3 Å². The molecule has 5 heteroatoms. The lowest BCUT2D eigenvalue weighted by Gasteiger charge is -2.41. The van der Waals surface area contributed by atoms with Gasteiger partial charge in [0, 0.05) is 32.3 Å². The van der Waals surface area contributed by atoms with E-state index < -0.39 is 0 Å². The zero-order valence-electron chi connectivity index (χ0n) is 14.0. The standard InChI is InChI=1S/C19H21N3O2/c1-14-7-6-10-17(20-14)19(24)21-11-12-22(15(2)23)18(13-21)16-8-4-3-5-9-16/h3-10,18H,11-13H2,1-2H3/t18-/m1/s1. The molecule has 2 heterocycles. The average molecular weight is 323 g/mol. The molecule has 1 aromatic heterocycles. The number of amides is 2. The first-order chi connectivity index (χ1) is 11.6. The summed E-state index contributed by atoms with van der Waals surface area (Å²) in [6.07, 6.45) is 0. The Morgan fingerprint density at radius 1 is 1.04 bits per heavy atom. The maximum atomic E-state index is 12.8. The molecule has 0 bridgehead atoms. The van der Waals surface area contributed by atoms with Crippen molar-refractivity contribution >= 4 is 11.8 Å². The van der Waals surface area contributed by atoms with Gasteiger partial charge in [0.05, 0.1) is 6.04 Å². The molecule has 0 spiro atoms. The molecule has 1 aliphatic heterocycles. The fraction of sp³-hybridized carbons (Fsp3) is 0.316. The second kappa shape index (κ2) is 6.83. The number of carbonyl (C=O) groups is 2. The molecule has 1 atom stereocenters. The van der Waals surface area contributed by atoms with E-state index in [0.29, 0.717) is 25.3 Å². The quantitative estimate of drug-likeness (QED) is 0.853. The highest BCUT2D eigenvalue weighted by atomic mass is 16.2. The van der Waals surface area contributed by atoms with Gasteiger partial charge in [-0.2, -0.15) is 0 Å². The van der Waals surface area contributed by atoms with E-state index in [1.54, 1.807) is 17.9 Å². The number of pyridine rings is 1. The maximum Gasteiger partial charge on any atom is 0.272 e. The zero-order valence-corrected chi connectivity index (χ0v) is 14.0. The van der Waals surface area contributed by atoms with Gasteiger partial charge in [-0.1, -0.05) is 36.4 Å². The summed E-state index contributed by atoms with van der Waals surface area (Å²) in [6.45, 7) is 4.99. The van der Waals surface area contributed by atoms with Crippen LogP contribution in [0.2, 0.25) is 0 Å². The van der Waals surface area contributed by atoms with Crippen LogP contribution in [0, 0.1) is 6.92 Å². The summed E-state index contributed by atoms with van der Waals surface area (Å²) < 4.78 is 0. The third kappa shape index (κ3) is 3.30. The third-order valence-corrected chi connectivity index (χ3v) is 4.36. The van der Waals surface area contributed by atoms with Crippen molar-refractivity contribution in [3.8, 4) is 0 Å². The van der Waals surface area contributed by atoms with Gasteiger partial charge in [0.15, 0.2) is 0 Å². The van der Waals surface area contributed by atoms with Crippen LogP contribution in [0.3, 0.4) is 0 Å². The summed E-state index contributed by atoms with van der Waals surface area (Å²) in [4.78, 5) is 32.7. The number of hydrogen-bond acceptors (Lipinski definition) is 3. The van der Waals surface area contributed by atoms with Crippen molar-refractivity contribution in [3.63, 3.8) is 0 Å². The molecule has 24 heavy (non-hydrogen) atoms. The Balaban J connectivity index is 1.85. The topological polar surface area (TPSA) is 53.5 Å². The van der Waals surface area contributed by atoms with Gasteiger partial charge in [-0.3, -0.25) is 9.59 Å². The minimum atomic E-state index is -0.119. The summed E-state index contributed by atoms with van der Waals surface area (Å²) in [6, 6.07) is 15.2. The molecule has 1 aromatic carbocycles. The highest BCUT2D eigenvalue weighted by Gasteiger charge is 2.32. The number of benzene rings is 1. The van der Waals surface area contributed by atoms with Crippen molar-refractivity contribution in [1.29, 1.82) is 0 Å². The molecule has 5 nitrogen and oxygen atoms in total. The molecule has 2 amide bonds. The van der Waals surface area contributed by atoms with Gasteiger partial charge in [0.25, 0.3) is 5.91 Å². The number of rotatable bonds is 2. The minimum Gasteiger partial charge on any atom is -0.333 e. The Bertz CT molecular complexity index is 745. The van der Waals surface area contributed by atoms with Gasteiger partial charge >= 0.3 is 0 Å². The van der Waals surface area contributed by atoms with E-state index in [4.69, 9.17) is 0 Å². The fourth-order valence-electron chi connectivity index (χ4n) is 3.13. The van der Waals surface area contributed by atoms with Gasteiger partial charge in [-0.05, 0) is 24.6 Å². The predicted octanol–water partition coefficient (Wildman–Crippen LogP) is 2.44. The second-order valence-corrected chi connectivity index (χ2v) is 6.05. The zero-order chi connectivity index (χ0) is 17.1. The molecule has 0 aliphatic carbocycles. The van der Waals surface area contributed by atoms with Crippen LogP contribution in [0.15, 0.2) is 48.5 Å². The first-order valence-corrected chi connectivity index (χ1v) is 8.11. The first kappa shape index (κ1) is 16.2. The van der Waals surface area contributed by atoms with Gasteiger partial charge < -0.3 is 9.80 Å². The molecule has 0 radical (unpaired) electrons. The van der Waals surface area contributed by atoms with E-state index in [1.165, 1.54) is 0 Å². The van der Waals surface area contributed by atoms with Crippen molar-refractivity contribution in [2.24, 2.45) is 0 Å². The molecular weight excluding hydrogens is 302 g/mol. The van der Waals surface area contributed by atoms with Crippen LogP contribution < -0.4 is 0 Å². The third-order valence-electron chi connectivity index (χ3n) is 4.36. The van der Waals surface area contributed by atoms with Gasteiger partial charge in [0.2, 0.25) is 5.91 Å². The SMILES string of the molecule is CC(=O)N1CCN(C(=O)c2cccc(C)n2)C[C@@H]1c1ccccc1. The monoisotopic (exact) mass is 323 g/mol. The summed E-state index contributed by atoms with van der Waals surface area (Å²) >= 11 is 0. The molecule has 1 aliphatic rings. The van der Waals surface area contributed by atoms with E-state index in [1.807, 2.05) is 54.3 Å². The molecule has 124 valence electrons. The van der Waals surface area contributed by atoms with E-state index in [9.17, 15) is 9.59 Å². The number of aromatic nitrogens is 1. The highest BCUT2D eigenvalue weighted by Crippen LogP contribution is 2.26. The van der Waals surface area contributed by atoms with Gasteiger partial charge in [0.1, 0.15) is 5.69 Å². The Labute approximate surface area is 141 Å². The first-order valence-electron chi connectivity index (χ1n) is 8.11. The lowest BCUT2D eigenvalue weighted by molar-refractivity contribution is -0.133. The lowest BCUT2D eigenvalue weighted by Crippen LogP contribution is -2.52. The molecule has 2 aromatic rings. The minimum absolute atomic E-state index is 0.0321. The Morgan fingerprint density at radius 3 is 2.46 bits per heavy atom. The molecule has 3 rings (SSSR count). The second-order valence-electron chi connectivity index (χ2n) is 6.05. The lowest BCUT2D eigenvalue weighted by atomic mass is 10.0. The maximum absolute atomic E-state index is 12.8. The van der Waals surface area contributed by atoms with Crippen LogP contribution in [-0.4, -0.2) is 46.2 Å². The normalized spacial score (nSPS) is 17.7. The number of hydrogen-bond donors (Lipinski definition) is 0. The van der Waals surface area contributed by atoms with Crippen LogP contribution in [-0.2, 0) is 4.79 Å². The van der Waals surface area contributed by atoms with E-state index in [-0.39, 0.29) is 17.9 Å². The van der Waals surface area contributed by atoms with Crippen LogP contribution in [0.1, 0.15) is 34.7 Å². The molecule has 0 saturated carbocycles. The average Bonchev–Trinajstić information content (AvgIpc) is 2.61. The van der Waals surface area contributed by atoms with Crippen LogP contribution >= 0.6 is 0 Å². The highest BCUT2D eigenvalue weighted by molar-refractivity contribution is 5.92. The molecule has 1 fully saturated rings. The van der Waals surface area contributed by atoms with Crippen molar-refractivity contribution in [3.05, 3.63) is 65.5 Å². The number of carbonyl (C=O) groups excluding carboxylic acids is 2. The van der Waals surface area contributed by atoms with Crippen LogP contribution in [0.5, 0.6) is 0 Å². The largest absolute Gasteiger partial charge is 0.333 e. The van der Waals surface area contributed by atoms with Crippen molar-refractivity contribution in [2.45, 2.75) is 19.9 Å². The summed E-state index contributed by atoms with van der Waals surface area (Å²) in [5.74, 6) is -0.0486. The molecular formula is C19H21N3O2. The Morgan fingerprint density at radius 2 is 1.79 bits per heavy atom. The van der Waals surface area contributed by atoms with Crippen molar-refractivity contribution in [1.82, 2.24) is 14.8 Å². The van der Waals surface area contributed by atoms with Crippen molar-refractivity contribution < 1.29 is 9.59 Å². The molecule has 0 N–H and O–H groups in total. The summed E-state index contributed by atoms with van der Waals surface area (Å²) in [5, 5.41) is 0. The predicted molar refractivity (Wildman–Crippen MR) is 91.4 cm³/mol. The number of piperazine rings is 1. The fourth-order valence-corrected chi connectivity index (χ4v) is 3.13. The van der Waals surface area contributed by atoms with E-state index >= 15 is 0 Å². The Kier molecular flexibility index (Phi) is 4.60. The number of nitrogens with zero attached hydrogens (tertiary/aromatic N) is 3. The number of aryl methyl sites for hydroxylation is 1.